The van der Waals surface area contributed by atoms with Gasteiger partial charge in [-0.25, -0.2) is 0 Å². The zero-order chi connectivity index (χ0) is 20.0. The number of aromatic nitrogens is 3. The number of furan rings is 1. The van der Waals surface area contributed by atoms with Crippen molar-refractivity contribution < 1.29 is 4.42 Å². The Kier molecular flexibility index (Phi) is 4.30. The summed E-state index contributed by atoms with van der Waals surface area (Å²) >= 11 is 7.51. The second-order valence-corrected chi connectivity index (χ2v) is 8.01. The fraction of sp³-hybridized carbons (Fsp3) is 0.0455. The SMILES string of the molecule is Cc1cccc(-c2nc3sc(=Cc4ccc(-c5ccccc5Cl)o4)c(=O)n3n2)c1. The molecule has 5 aromatic rings. The lowest BCUT2D eigenvalue weighted by Crippen LogP contribution is -2.23. The van der Waals surface area contributed by atoms with E-state index in [9.17, 15) is 4.79 Å². The molecule has 0 saturated carbocycles. The highest BCUT2D eigenvalue weighted by Crippen LogP contribution is 2.29. The molecule has 0 aliphatic carbocycles. The Hall–Kier alpha value is -3.22. The van der Waals surface area contributed by atoms with Crippen molar-refractivity contribution >= 4 is 34.0 Å². The highest BCUT2D eigenvalue weighted by Gasteiger charge is 2.13. The van der Waals surface area contributed by atoms with Gasteiger partial charge in [-0.1, -0.05) is 58.8 Å². The molecule has 0 aliphatic heterocycles. The van der Waals surface area contributed by atoms with Gasteiger partial charge in [-0.15, -0.1) is 5.10 Å². The fourth-order valence-electron chi connectivity index (χ4n) is 3.11. The number of hydrogen-bond donors (Lipinski definition) is 0. The summed E-state index contributed by atoms with van der Waals surface area (Å²) in [6, 6.07) is 19.0. The Balaban J connectivity index is 1.54. The molecule has 5 nitrogen and oxygen atoms in total. The summed E-state index contributed by atoms with van der Waals surface area (Å²) in [5.41, 5.74) is 2.60. The van der Waals surface area contributed by atoms with Crippen LogP contribution in [-0.2, 0) is 0 Å². The van der Waals surface area contributed by atoms with Crippen molar-refractivity contribution in [3.63, 3.8) is 0 Å². The van der Waals surface area contributed by atoms with E-state index in [0.29, 0.717) is 31.9 Å². The molecule has 0 spiro atoms. The van der Waals surface area contributed by atoms with E-state index >= 15 is 0 Å². The van der Waals surface area contributed by atoms with Crippen LogP contribution in [0.3, 0.4) is 0 Å². The van der Waals surface area contributed by atoms with Gasteiger partial charge in [0.05, 0.1) is 5.02 Å². The lowest BCUT2D eigenvalue weighted by molar-refractivity contribution is 0.571. The van der Waals surface area contributed by atoms with Gasteiger partial charge in [0.25, 0.3) is 5.56 Å². The molecular formula is C22H14ClN3O2S. The molecule has 5 rings (SSSR count). The third-order valence-electron chi connectivity index (χ3n) is 4.50. The minimum Gasteiger partial charge on any atom is -0.457 e. The third-order valence-corrected chi connectivity index (χ3v) is 5.79. The molecule has 0 N–H and O–H groups in total. The van der Waals surface area contributed by atoms with Crippen LogP contribution in [0.1, 0.15) is 11.3 Å². The predicted molar refractivity (Wildman–Crippen MR) is 115 cm³/mol. The number of thiazole rings is 1. The van der Waals surface area contributed by atoms with Crippen LogP contribution in [0, 0.1) is 6.92 Å². The Morgan fingerprint density at radius 3 is 2.76 bits per heavy atom. The average Bonchev–Trinajstić information content (AvgIpc) is 3.40. The largest absolute Gasteiger partial charge is 0.457 e. The fourth-order valence-corrected chi connectivity index (χ4v) is 4.22. The van der Waals surface area contributed by atoms with Gasteiger partial charge in [0.15, 0.2) is 5.82 Å². The van der Waals surface area contributed by atoms with Crippen molar-refractivity contribution in [2.75, 3.05) is 0 Å². The first kappa shape index (κ1) is 17.8. The zero-order valence-corrected chi connectivity index (χ0v) is 16.9. The van der Waals surface area contributed by atoms with Crippen LogP contribution in [0.2, 0.25) is 5.02 Å². The molecule has 0 amide bonds. The first-order valence-corrected chi connectivity index (χ1v) is 10.1. The number of aryl methyl sites for hydroxylation is 1. The van der Waals surface area contributed by atoms with Crippen molar-refractivity contribution in [2.24, 2.45) is 0 Å². The maximum Gasteiger partial charge on any atom is 0.291 e. The quantitative estimate of drug-likeness (QED) is 0.429. The number of nitrogens with zero attached hydrogens (tertiary/aromatic N) is 3. The topological polar surface area (TPSA) is 60.4 Å². The van der Waals surface area contributed by atoms with Crippen LogP contribution in [0.25, 0.3) is 33.7 Å². The predicted octanol–water partition coefficient (Wildman–Crippen LogP) is 4.59. The van der Waals surface area contributed by atoms with Crippen LogP contribution in [0.5, 0.6) is 0 Å². The van der Waals surface area contributed by atoms with Gasteiger partial charge >= 0.3 is 0 Å². The first-order chi connectivity index (χ1) is 14.1. The van der Waals surface area contributed by atoms with Gasteiger partial charge in [0, 0.05) is 17.2 Å². The van der Waals surface area contributed by atoms with Crippen molar-refractivity contribution in [2.45, 2.75) is 6.92 Å². The zero-order valence-electron chi connectivity index (χ0n) is 15.3. The second-order valence-electron chi connectivity index (χ2n) is 6.60. The molecule has 0 radical (unpaired) electrons. The molecule has 0 atom stereocenters. The maximum atomic E-state index is 12.8. The molecule has 7 heteroatoms. The molecule has 0 bridgehead atoms. The maximum absolute atomic E-state index is 12.8. The Labute approximate surface area is 174 Å². The molecule has 3 heterocycles. The van der Waals surface area contributed by atoms with E-state index in [-0.39, 0.29) is 5.56 Å². The van der Waals surface area contributed by atoms with Gasteiger partial charge in [0.1, 0.15) is 16.1 Å². The van der Waals surface area contributed by atoms with E-state index in [4.69, 9.17) is 16.0 Å². The van der Waals surface area contributed by atoms with Crippen molar-refractivity contribution in [1.82, 2.24) is 14.6 Å². The van der Waals surface area contributed by atoms with E-state index in [1.807, 2.05) is 67.6 Å². The standard InChI is InChI=1S/C22H14ClN3O2S/c1-13-5-4-6-14(11-13)20-24-22-26(25-20)21(27)19(29-22)12-15-9-10-18(28-15)16-7-2-3-8-17(16)23/h2-12H,1H3. The Morgan fingerprint density at radius 1 is 1.10 bits per heavy atom. The summed E-state index contributed by atoms with van der Waals surface area (Å²) in [5.74, 6) is 1.76. The molecule has 29 heavy (non-hydrogen) atoms. The minimum atomic E-state index is -0.216. The Bertz CT molecular complexity index is 1470. The van der Waals surface area contributed by atoms with Crippen LogP contribution in [-0.4, -0.2) is 14.6 Å². The summed E-state index contributed by atoms with van der Waals surface area (Å²) in [6.07, 6.45) is 1.70. The van der Waals surface area contributed by atoms with Crippen LogP contribution >= 0.6 is 22.9 Å². The lowest BCUT2D eigenvalue weighted by atomic mass is 10.1. The molecule has 0 unspecified atom stereocenters. The lowest BCUT2D eigenvalue weighted by Gasteiger charge is -1.98. The van der Waals surface area contributed by atoms with Crippen LogP contribution in [0.15, 0.2) is 69.9 Å². The van der Waals surface area contributed by atoms with E-state index in [0.717, 1.165) is 16.7 Å². The molecule has 0 aliphatic rings. The molecule has 142 valence electrons. The summed E-state index contributed by atoms with van der Waals surface area (Å²) in [7, 11) is 0. The van der Waals surface area contributed by atoms with Gasteiger partial charge in [-0.05, 0) is 37.3 Å². The summed E-state index contributed by atoms with van der Waals surface area (Å²) in [6.45, 7) is 2.01. The summed E-state index contributed by atoms with van der Waals surface area (Å²) in [5, 5.41) is 5.00. The summed E-state index contributed by atoms with van der Waals surface area (Å²) < 4.78 is 7.72. The van der Waals surface area contributed by atoms with E-state index in [2.05, 4.69) is 10.1 Å². The van der Waals surface area contributed by atoms with Gasteiger partial charge in [-0.2, -0.15) is 9.50 Å². The number of benzene rings is 2. The summed E-state index contributed by atoms with van der Waals surface area (Å²) in [4.78, 5) is 17.8. The van der Waals surface area contributed by atoms with Gasteiger partial charge in [-0.3, -0.25) is 4.79 Å². The Morgan fingerprint density at radius 2 is 1.97 bits per heavy atom. The number of rotatable bonds is 3. The van der Waals surface area contributed by atoms with Crippen LogP contribution < -0.4 is 10.1 Å². The smallest absolute Gasteiger partial charge is 0.291 e. The van der Waals surface area contributed by atoms with Crippen molar-refractivity contribution in [3.05, 3.63) is 91.9 Å². The highest BCUT2D eigenvalue weighted by molar-refractivity contribution is 7.15. The number of fused-ring (bicyclic) bond motifs is 1. The van der Waals surface area contributed by atoms with E-state index in [1.54, 1.807) is 6.08 Å². The third kappa shape index (κ3) is 3.26. The molecule has 2 aromatic carbocycles. The van der Waals surface area contributed by atoms with E-state index in [1.165, 1.54) is 15.9 Å². The molecule has 0 saturated heterocycles. The average molecular weight is 420 g/mol. The number of hydrogen-bond acceptors (Lipinski definition) is 5. The highest BCUT2D eigenvalue weighted by atomic mass is 35.5. The van der Waals surface area contributed by atoms with Gasteiger partial charge in [0.2, 0.25) is 4.96 Å². The van der Waals surface area contributed by atoms with E-state index < -0.39 is 0 Å². The molecular weight excluding hydrogens is 406 g/mol. The van der Waals surface area contributed by atoms with Crippen molar-refractivity contribution in [1.29, 1.82) is 0 Å². The molecule has 0 fully saturated rings. The second kappa shape index (κ2) is 6.99. The number of halogens is 1. The van der Waals surface area contributed by atoms with Crippen molar-refractivity contribution in [3.8, 4) is 22.7 Å². The van der Waals surface area contributed by atoms with Gasteiger partial charge < -0.3 is 4.42 Å². The van der Waals surface area contributed by atoms with Crippen LogP contribution in [0.4, 0.5) is 0 Å². The first-order valence-electron chi connectivity index (χ1n) is 8.91. The minimum absolute atomic E-state index is 0.216. The monoisotopic (exact) mass is 419 g/mol. The molecule has 3 aromatic heterocycles. The normalized spacial score (nSPS) is 12.1.